The van der Waals surface area contributed by atoms with Gasteiger partial charge in [-0.2, -0.15) is 4.31 Å². The molecule has 3 rings (SSSR count). The number of halogens is 2. The molecule has 0 atom stereocenters. The molecule has 0 bridgehead atoms. The van der Waals surface area contributed by atoms with Crippen molar-refractivity contribution in [1.29, 1.82) is 0 Å². The molecule has 1 aliphatic heterocycles. The molecule has 8 nitrogen and oxygen atoms in total. The number of piperazine rings is 1. The van der Waals surface area contributed by atoms with E-state index in [9.17, 15) is 22.0 Å². The van der Waals surface area contributed by atoms with E-state index in [0.717, 1.165) is 22.0 Å². The van der Waals surface area contributed by atoms with E-state index in [0.29, 0.717) is 30.5 Å². The van der Waals surface area contributed by atoms with Gasteiger partial charge in [-0.15, -0.1) is 0 Å². The smallest absolute Gasteiger partial charge is 0.317 e. The minimum atomic E-state index is -4.19. The minimum Gasteiger partial charge on any atom is -0.497 e. The molecule has 0 aliphatic carbocycles. The van der Waals surface area contributed by atoms with Gasteiger partial charge in [-0.3, -0.25) is 0 Å². The Hall–Kier alpha value is -2.92. The number of rotatable bonds is 7. The zero-order valence-corrected chi connectivity index (χ0v) is 18.6. The molecule has 11 heteroatoms. The zero-order valence-electron chi connectivity index (χ0n) is 17.8. The van der Waals surface area contributed by atoms with Gasteiger partial charge < -0.3 is 19.7 Å². The Morgan fingerprint density at radius 2 is 1.75 bits per heavy atom. The Bertz CT molecular complexity index is 1070. The molecule has 2 aromatic rings. The van der Waals surface area contributed by atoms with Crippen LogP contribution < -0.4 is 14.8 Å². The molecule has 0 radical (unpaired) electrons. The first-order valence-corrected chi connectivity index (χ1v) is 11.4. The van der Waals surface area contributed by atoms with Crippen LogP contribution in [0, 0.1) is 11.6 Å². The summed E-state index contributed by atoms with van der Waals surface area (Å²) >= 11 is 0. The highest BCUT2D eigenvalue weighted by molar-refractivity contribution is 7.89. The van der Waals surface area contributed by atoms with Crippen LogP contribution in [0.3, 0.4) is 0 Å². The number of carbonyl (C=O) groups excluding carboxylic acids is 1. The van der Waals surface area contributed by atoms with Crippen molar-refractivity contribution in [1.82, 2.24) is 14.5 Å². The second-order valence-electron chi connectivity index (χ2n) is 7.13. The fourth-order valence-corrected chi connectivity index (χ4v) is 4.92. The third kappa shape index (κ3) is 5.28. The topological polar surface area (TPSA) is 88.2 Å². The summed E-state index contributed by atoms with van der Waals surface area (Å²) in [5.41, 5.74) is 0.904. The Balaban J connectivity index is 1.53. The van der Waals surface area contributed by atoms with E-state index < -0.39 is 26.6 Å². The number of hydrogen-bond donors (Lipinski definition) is 1. The first-order valence-electron chi connectivity index (χ1n) is 9.95. The second-order valence-corrected chi connectivity index (χ2v) is 9.03. The van der Waals surface area contributed by atoms with Gasteiger partial charge in [0.15, 0.2) is 0 Å². The number of urea groups is 1. The van der Waals surface area contributed by atoms with Crippen LogP contribution in [0.1, 0.15) is 5.56 Å². The molecule has 1 saturated heterocycles. The highest BCUT2D eigenvalue weighted by Crippen LogP contribution is 2.25. The Kier molecular flexibility index (Phi) is 7.52. The van der Waals surface area contributed by atoms with E-state index in [4.69, 9.17) is 9.47 Å². The van der Waals surface area contributed by atoms with Crippen LogP contribution in [0.4, 0.5) is 13.6 Å². The lowest BCUT2D eigenvalue weighted by Crippen LogP contribution is -2.53. The summed E-state index contributed by atoms with van der Waals surface area (Å²) in [6.45, 7) is 0.590. The van der Waals surface area contributed by atoms with Gasteiger partial charge in [-0.1, -0.05) is 6.07 Å². The van der Waals surface area contributed by atoms with Gasteiger partial charge in [0.05, 0.1) is 14.2 Å². The summed E-state index contributed by atoms with van der Waals surface area (Å²) in [5, 5.41) is 2.81. The lowest BCUT2D eigenvalue weighted by atomic mass is 10.1. The number of amides is 2. The van der Waals surface area contributed by atoms with Crippen LogP contribution in [-0.4, -0.2) is 70.6 Å². The van der Waals surface area contributed by atoms with Crippen molar-refractivity contribution >= 4 is 16.1 Å². The van der Waals surface area contributed by atoms with Crippen LogP contribution >= 0.6 is 0 Å². The van der Waals surface area contributed by atoms with Crippen LogP contribution in [0.5, 0.6) is 11.5 Å². The molecule has 0 saturated carbocycles. The highest BCUT2D eigenvalue weighted by atomic mass is 32.2. The second kappa shape index (κ2) is 10.1. The van der Waals surface area contributed by atoms with Crippen LogP contribution in [0.15, 0.2) is 41.3 Å². The number of methoxy groups -OCH3 is 2. The summed E-state index contributed by atoms with van der Waals surface area (Å²) in [6.07, 6.45) is 0.534. The van der Waals surface area contributed by atoms with E-state index in [1.54, 1.807) is 26.4 Å². The zero-order chi connectivity index (χ0) is 23.3. The summed E-state index contributed by atoms with van der Waals surface area (Å²) in [4.78, 5) is 13.2. The number of sulfonamides is 1. The van der Waals surface area contributed by atoms with Crippen molar-refractivity contribution in [2.45, 2.75) is 11.3 Å². The van der Waals surface area contributed by atoms with Gasteiger partial charge in [0.2, 0.25) is 10.0 Å². The molecule has 1 heterocycles. The fourth-order valence-electron chi connectivity index (χ4n) is 3.42. The molecule has 0 aromatic heterocycles. The molecule has 174 valence electrons. The van der Waals surface area contributed by atoms with E-state index >= 15 is 0 Å². The Labute approximate surface area is 185 Å². The summed E-state index contributed by atoms with van der Waals surface area (Å²) < 4.78 is 64.2. The van der Waals surface area contributed by atoms with E-state index in [1.807, 2.05) is 6.07 Å². The first-order chi connectivity index (χ1) is 15.3. The van der Waals surface area contributed by atoms with Crippen molar-refractivity contribution in [2.75, 3.05) is 46.9 Å². The third-order valence-electron chi connectivity index (χ3n) is 5.20. The molecule has 2 amide bonds. The van der Waals surface area contributed by atoms with Crippen molar-refractivity contribution in [2.24, 2.45) is 0 Å². The van der Waals surface area contributed by atoms with Gasteiger partial charge in [0, 0.05) is 38.8 Å². The summed E-state index contributed by atoms with van der Waals surface area (Å²) in [6, 6.07) is 7.41. The largest absolute Gasteiger partial charge is 0.497 e. The minimum absolute atomic E-state index is 0.0159. The number of hydrogen-bond acceptors (Lipinski definition) is 5. The molecule has 1 aliphatic rings. The molecule has 32 heavy (non-hydrogen) atoms. The Morgan fingerprint density at radius 1 is 1.03 bits per heavy atom. The maximum atomic E-state index is 13.9. The predicted molar refractivity (Wildman–Crippen MR) is 113 cm³/mol. The quantitative estimate of drug-likeness (QED) is 0.672. The predicted octanol–water partition coefficient (Wildman–Crippen LogP) is 2.24. The summed E-state index contributed by atoms with van der Waals surface area (Å²) in [5.74, 6) is -0.528. The SMILES string of the molecule is COc1ccc(CCNC(=O)N2CCN(S(=O)(=O)c3cc(F)ccc3F)CC2)c(OC)c1. The number of ether oxygens (including phenoxy) is 2. The Morgan fingerprint density at radius 3 is 2.41 bits per heavy atom. The fraction of sp³-hybridized carbons (Fsp3) is 0.381. The van der Waals surface area contributed by atoms with Gasteiger partial charge in [0.1, 0.15) is 28.0 Å². The molecule has 2 aromatic carbocycles. The van der Waals surface area contributed by atoms with E-state index in [2.05, 4.69) is 5.32 Å². The highest BCUT2D eigenvalue weighted by Gasteiger charge is 2.32. The van der Waals surface area contributed by atoms with E-state index in [1.165, 1.54) is 4.90 Å². The van der Waals surface area contributed by atoms with Crippen molar-refractivity contribution in [3.05, 3.63) is 53.6 Å². The lowest BCUT2D eigenvalue weighted by Gasteiger charge is -2.34. The molecule has 0 unspecified atom stereocenters. The number of nitrogens with one attached hydrogen (secondary N) is 1. The van der Waals surface area contributed by atoms with Crippen molar-refractivity contribution < 1.29 is 31.5 Å². The van der Waals surface area contributed by atoms with Crippen LogP contribution in [-0.2, 0) is 16.4 Å². The lowest BCUT2D eigenvalue weighted by molar-refractivity contribution is 0.172. The van der Waals surface area contributed by atoms with Gasteiger partial charge in [-0.05, 0) is 36.2 Å². The van der Waals surface area contributed by atoms with Gasteiger partial charge in [-0.25, -0.2) is 22.0 Å². The molecular weight excluding hydrogens is 444 g/mol. The monoisotopic (exact) mass is 469 g/mol. The average Bonchev–Trinajstić information content (AvgIpc) is 2.80. The van der Waals surface area contributed by atoms with Crippen LogP contribution in [0.2, 0.25) is 0 Å². The van der Waals surface area contributed by atoms with Crippen molar-refractivity contribution in [3.63, 3.8) is 0 Å². The normalized spacial score (nSPS) is 14.8. The maximum Gasteiger partial charge on any atom is 0.317 e. The number of carbonyl (C=O) groups is 1. The van der Waals surface area contributed by atoms with E-state index in [-0.39, 0.29) is 32.2 Å². The average molecular weight is 470 g/mol. The van der Waals surface area contributed by atoms with Gasteiger partial charge >= 0.3 is 6.03 Å². The number of nitrogens with zero attached hydrogens (tertiary/aromatic N) is 2. The number of benzene rings is 2. The molecule has 0 spiro atoms. The first kappa shape index (κ1) is 23.7. The third-order valence-corrected chi connectivity index (χ3v) is 7.12. The van der Waals surface area contributed by atoms with Gasteiger partial charge in [0.25, 0.3) is 0 Å². The van der Waals surface area contributed by atoms with Crippen molar-refractivity contribution in [3.8, 4) is 11.5 Å². The summed E-state index contributed by atoms with van der Waals surface area (Å²) in [7, 11) is -1.08. The van der Waals surface area contributed by atoms with Crippen LogP contribution in [0.25, 0.3) is 0 Å². The molecule has 1 fully saturated rings. The maximum absolute atomic E-state index is 13.9. The standard InChI is InChI=1S/C21H25F2N3O5S/c1-30-17-5-3-15(19(14-17)31-2)7-8-24-21(27)25-9-11-26(12-10-25)32(28,29)20-13-16(22)4-6-18(20)23/h3-6,13-14H,7-12H2,1-2H3,(H,24,27). The molecular formula is C21H25F2N3O5S. The molecule has 1 N–H and O–H groups in total.